The first kappa shape index (κ1) is 13.7. The van der Waals surface area contributed by atoms with Crippen LogP contribution in [0.15, 0.2) is 23.6 Å². The van der Waals surface area contributed by atoms with E-state index in [4.69, 9.17) is 9.47 Å². The molecule has 0 bridgehead atoms. The minimum Gasteiger partial charge on any atom is -0.497 e. The lowest BCUT2D eigenvalue weighted by molar-refractivity contribution is 0.391. The molecular weight excluding hydrogens is 260 g/mol. The number of nitrogens with zero attached hydrogens (tertiary/aromatic N) is 1. The third-order valence-electron chi connectivity index (χ3n) is 2.84. The van der Waals surface area contributed by atoms with E-state index in [-0.39, 0.29) is 0 Å². The average molecular weight is 278 g/mol. The third-order valence-corrected chi connectivity index (χ3v) is 3.69. The molecule has 102 valence electrons. The molecule has 2 rings (SSSR count). The largest absolute Gasteiger partial charge is 0.497 e. The van der Waals surface area contributed by atoms with Gasteiger partial charge in [-0.05, 0) is 18.6 Å². The van der Waals surface area contributed by atoms with Crippen LogP contribution in [0.25, 0.3) is 0 Å². The van der Waals surface area contributed by atoms with E-state index >= 15 is 0 Å². The molecule has 0 aliphatic carbocycles. The van der Waals surface area contributed by atoms with Crippen molar-refractivity contribution < 1.29 is 9.47 Å². The first-order valence-corrected chi connectivity index (χ1v) is 7.04. The summed E-state index contributed by atoms with van der Waals surface area (Å²) in [6.07, 6.45) is 0.962. The normalized spacial score (nSPS) is 10.3. The molecule has 1 N–H and O–H groups in total. The molecule has 0 unspecified atom stereocenters. The molecule has 0 saturated heterocycles. The molecule has 19 heavy (non-hydrogen) atoms. The Labute approximate surface area is 117 Å². The van der Waals surface area contributed by atoms with Crippen LogP contribution in [0.3, 0.4) is 0 Å². The van der Waals surface area contributed by atoms with Crippen LogP contribution in [0.4, 0.5) is 5.13 Å². The van der Waals surface area contributed by atoms with Gasteiger partial charge in [0.05, 0.1) is 19.9 Å². The molecule has 0 fully saturated rings. The first-order chi connectivity index (χ1) is 9.26. The molecular formula is C14H18N2O2S. The molecule has 0 radical (unpaired) electrons. The van der Waals surface area contributed by atoms with Crippen molar-refractivity contribution >= 4 is 16.5 Å². The van der Waals surface area contributed by atoms with Gasteiger partial charge in [-0.25, -0.2) is 4.98 Å². The smallest absolute Gasteiger partial charge is 0.183 e. The molecule has 0 amide bonds. The molecule has 0 spiro atoms. The minimum atomic E-state index is 0.684. The van der Waals surface area contributed by atoms with Gasteiger partial charge in [-0.15, -0.1) is 11.3 Å². The first-order valence-electron chi connectivity index (χ1n) is 6.16. The molecule has 1 aromatic heterocycles. The van der Waals surface area contributed by atoms with Gasteiger partial charge in [0.2, 0.25) is 0 Å². The van der Waals surface area contributed by atoms with Crippen molar-refractivity contribution in [2.24, 2.45) is 0 Å². The second-order valence-electron chi connectivity index (χ2n) is 4.03. The van der Waals surface area contributed by atoms with E-state index in [1.807, 2.05) is 18.2 Å². The van der Waals surface area contributed by atoms with Gasteiger partial charge in [-0.2, -0.15) is 0 Å². The van der Waals surface area contributed by atoms with Crippen LogP contribution in [0, 0.1) is 0 Å². The van der Waals surface area contributed by atoms with Gasteiger partial charge in [0.1, 0.15) is 11.5 Å². The SMILES string of the molecule is CCc1csc(NCc2ccc(OC)cc2OC)n1. The number of hydrogen-bond acceptors (Lipinski definition) is 5. The number of anilines is 1. The summed E-state index contributed by atoms with van der Waals surface area (Å²) in [6.45, 7) is 2.79. The fourth-order valence-corrected chi connectivity index (χ4v) is 2.51. The fourth-order valence-electron chi connectivity index (χ4n) is 1.72. The van der Waals surface area contributed by atoms with Gasteiger partial charge in [0.15, 0.2) is 5.13 Å². The second-order valence-corrected chi connectivity index (χ2v) is 4.89. The van der Waals surface area contributed by atoms with E-state index in [9.17, 15) is 0 Å². The van der Waals surface area contributed by atoms with Gasteiger partial charge >= 0.3 is 0 Å². The molecule has 1 heterocycles. The van der Waals surface area contributed by atoms with Gasteiger partial charge in [-0.1, -0.05) is 6.92 Å². The van der Waals surface area contributed by atoms with Crippen molar-refractivity contribution in [1.82, 2.24) is 4.98 Å². The van der Waals surface area contributed by atoms with Crippen molar-refractivity contribution in [2.45, 2.75) is 19.9 Å². The number of benzene rings is 1. The van der Waals surface area contributed by atoms with Crippen LogP contribution < -0.4 is 14.8 Å². The quantitative estimate of drug-likeness (QED) is 0.880. The Kier molecular flexibility index (Phi) is 4.63. The number of aromatic nitrogens is 1. The lowest BCUT2D eigenvalue weighted by atomic mass is 10.2. The van der Waals surface area contributed by atoms with Crippen LogP contribution in [0.5, 0.6) is 11.5 Å². The molecule has 1 aromatic carbocycles. The molecule has 2 aromatic rings. The number of methoxy groups -OCH3 is 2. The molecule has 5 heteroatoms. The predicted molar refractivity (Wildman–Crippen MR) is 78.4 cm³/mol. The van der Waals surface area contributed by atoms with Crippen LogP contribution in [-0.2, 0) is 13.0 Å². The Balaban J connectivity index is 2.06. The van der Waals surface area contributed by atoms with E-state index in [0.29, 0.717) is 6.54 Å². The summed E-state index contributed by atoms with van der Waals surface area (Å²) in [6, 6.07) is 5.81. The van der Waals surface area contributed by atoms with Gasteiger partial charge in [-0.3, -0.25) is 0 Å². The number of thiazole rings is 1. The molecule has 0 aliphatic rings. The number of nitrogens with one attached hydrogen (secondary N) is 1. The van der Waals surface area contributed by atoms with Crippen molar-refractivity contribution in [3.05, 3.63) is 34.8 Å². The summed E-state index contributed by atoms with van der Waals surface area (Å²) >= 11 is 1.63. The molecule has 0 atom stereocenters. The number of aryl methyl sites for hydroxylation is 1. The Morgan fingerprint density at radius 2 is 2.11 bits per heavy atom. The summed E-state index contributed by atoms with van der Waals surface area (Å²) in [7, 11) is 3.31. The zero-order valence-corrected chi connectivity index (χ0v) is 12.2. The Morgan fingerprint density at radius 1 is 1.26 bits per heavy atom. The van der Waals surface area contributed by atoms with E-state index < -0.39 is 0 Å². The van der Waals surface area contributed by atoms with E-state index in [2.05, 4.69) is 22.6 Å². The predicted octanol–water partition coefficient (Wildman–Crippen LogP) is 3.33. The summed E-state index contributed by atoms with van der Waals surface area (Å²) in [5.74, 6) is 1.61. The maximum Gasteiger partial charge on any atom is 0.183 e. The van der Waals surface area contributed by atoms with Gasteiger partial charge in [0, 0.05) is 23.6 Å². The summed E-state index contributed by atoms with van der Waals surface area (Å²) < 4.78 is 10.5. The van der Waals surface area contributed by atoms with Crippen molar-refractivity contribution in [1.29, 1.82) is 0 Å². The Hall–Kier alpha value is -1.75. The van der Waals surface area contributed by atoms with Crippen molar-refractivity contribution in [2.75, 3.05) is 19.5 Å². The molecule has 0 aliphatic heterocycles. The zero-order valence-electron chi connectivity index (χ0n) is 11.4. The number of ether oxygens (including phenoxy) is 2. The highest BCUT2D eigenvalue weighted by Crippen LogP contribution is 2.26. The standard InChI is InChI=1S/C14H18N2O2S/c1-4-11-9-19-14(16-11)15-8-10-5-6-12(17-2)7-13(10)18-3/h5-7,9H,4,8H2,1-3H3,(H,15,16). The molecule has 0 saturated carbocycles. The Bertz CT molecular complexity index is 540. The van der Waals surface area contributed by atoms with E-state index in [1.54, 1.807) is 25.6 Å². The number of hydrogen-bond donors (Lipinski definition) is 1. The van der Waals surface area contributed by atoms with Crippen LogP contribution >= 0.6 is 11.3 Å². The monoisotopic (exact) mass is 278 g/mol. The Morgan fingerprint density at radius 3 is 2.74 bits per heavy atom. The summed E-state index contributed by atoms with van der Waals surface area (Å²) in [5.41, 5.74) is 2.20. The van der Waals surface area contributed by atoms with Crippen LogP contribution in [0.2, 0.25) is 0 Å². The zero-order chi connectivity index (χ0) is 13.7. The van der Waals surface area contributed by atoms with Crippen molar-refractivity contribution in [3.8, 4) is 11.5 Å². The van der Waals surface area contributed by atoms with Crippen LogP contribution in [-0.4, -0.2) is 19.2 Å². The maximum absolute atomic E-state index is 5.37. The lowest BCUT2D eigenvalue weighted by Gasteiger charge is -2.10. The average Bonchev–Trinajstić information content (AvgIpc) is 2.92. The highest BCUT2D eigenvalue weighted by molar-refractivity contribution is 7.13. The highest BCUT2D eigenvalue weighted by Gasteiger charge is 2.06. The third kappa shape index (κ3) is 3.38. The topological polar surface area (TPSA) is 43.4 Å². The number of rotatable bonds is 6. The fraction of sp³-hybridized carbons (Fsp3) is 0.357. The van der Waals surface area contributed by atoms with Crippen LogP contribution in [0.1, 0.15) is 18.2 Å². The molecule has 4 nitrogen and oxygen atoms in total. The second kappa shape index (κ2) is 6.43. The highest BCUT2D eigenvalue weighted by atomic mass is 32.1. The summed E-state index contributed by atoms with van der Waals surface area (Å²) in [4.78, 5) is 4.47. The van der Waals surface area contributed by atoms with E-state index in [0.717, 1.165) is 34.3 Å². The van der Waals surface area contributed by atoms with E-state index in [1.165, 1.54) is 0 Å². The van der Waals surface area contributed by atoms with Crippen molar-refractivity contribution in [3.63, 3.8) is 0 Å². The minimum absolute atomic E-state index is 0.684. The maximum atomic E-state index is 5.37. The summed E-state index contributed by atoms with van der Waals surface area (Å²) in [5, 5.41) is 6.33. The van der Waals surface area contributed by atoms with Gasteiger partial charge < -0.3 is 14.8 Å². The van der Waals surface area contributed by atoms with Gasteiger partial charge in [0.25, 0.3) is 0 Å². The lowest BCUT2D eigenvalue weighted by Crippen LogP contribution is -2.02.